The molecule has 6 nitrogen and oxygen atoms in total. The third-order valence-corrected chi connectivity index (χ3v) is 3.84. The normalized spacial score (nSPS) is 12.0. The molecule has 6 heteroatoms. The van der Waals surface area contributed by atoms with Crippen LogP contribution in [0, 0.1) is 6.92 Å². The number of aromatic nitrogens is 2. The molecule has 1 N–H and O–H groups in total. The second-order valence-electron chi connectivity index (χ2n) is 5.46. The maximum Gasteiger partial charge on any atom is 0.255 e. The summed E-state index contributed by atoms with van der Waals surface area (Å²) in [6.45, 7) is 3.30. The van der Waals surface area contributed by atoms with E-state index in [0.717, 1.165) is 18.8 Å². The lowest BCUT2D eigenvalue weighted by molar-refractivity contribution is -0.139. The van der Waals surface area contributed by atoms with E-state index >= 15 is 0 Å². The summed E-state index contributed by atoms with van der Waals surface area (Å²) in [4.78, 5) is 18.0. The number of carbonyl (C=O) groups is 1. The van der Waals surface area contributed by atoms with Crippen molar-refractivity contribution in [3.63, 3.8) is 0 Å². The van der Waals surface area contributed by atoms with Gasteiger partial charge in [-0.25, -0.2) is 4.98 Å². The predicted molar refractivity (Wildman–Crippen MR) is 87.2 cm³/mol. The third kappa shape index (κ3) is 4.32. The van der Waals surface area contributed by atoms with Crippen molar-refractivity contribution in [1.82, 2.24) is 14.5 Å². The van der Waals surface area contributed by atoms with Crippen LogP contribution in [0.5, 0.6) is 5.75 Å². The highest BCUT2D eigenvalue weighted by atomic mass is 16.5. The number of benzene rings is 1. The van der Waals surface area contributed by atoms with Gasteiger partial charge in [0.05, 0.1) is 7.11 Å². The molecular formula is C17H23N3O3. The Morgan fingerprint density at radius 1 is 1.48 bits per heavy atom. The zero-order valence-electron chi connectivity index (χ0n) is 13.8. The van der Waals surface area contributed by atoms with Gasteiger partial charge in [0, 0.05) is 32.5 Å². The van der Waals surface area contributed by atoms with E-state index in [2.05, 4.69) is 4.98 Å². The molecule has 1 heterocycles. The fraction of sp³-hybridized carbons (Fsp3) is 0.412. The van der Waals surface area contributed by atoms with E-state index in [1.54, 1.807) is 49.5 Å². The molecule has 0 saturated heterocycles. The first kappa shape index (κ1) is 17.0. The molecule has 1 aromatic heterocycles. The molecular weight excluding hydrogens is 294 g/mol. The molecule has 0 radical (unpaired) electrons. The van der Waals surface area contributed by atoms with Crippen LogP contribution in [0.1, 0.15) is 23.9 Å². The fourth-order valence-electron chi connectivity index (χ4n) is 2.39. The quantitative estimate of drug-likeness (QED) is 0.845. The number of hydrogen-bond acceptors (Lipinski definition) is 4. The van der Waals surface area contributed by atoms with Gasteiger partial charge in [-0.05, 0) is 31.0 Å². The molecule has 0 saturated carbocycles. The number of nitrogens with zero attached hydrogens (tertiary/aromatic N) is 3. The van der Waals surface area contributed by atoms with Crippen LogP contribution in [0.15, 0.2) is 36.7 Å². The van der Waals surface area contributed by atoms with E-state index < -0.39 is 6.10 Å². The molecule has 0 aliphatic rings. The Labute approximate surface area is 136 Å². The summed E-state index contributed by atoms with van der Waals surface area (Å²) in [6, 6.07) is 6.92. The van der Waals surface area contributed by atoms with E-state index in [0.29, 0.717) is 17.9 Å². The summed E-state index contributed by atoms with van der Waals surface area (Å²) < 4.78 is 7.16. The molecule has 124 valence electrons. The third-order valence-electron chi connectivity index (χ3n) is 3.84. The molecule has 1 amide bonds. The second kappa shape index (κ2) is 7.78. The summed E-state index contributed by atoms with van der Waals surface area (Å²) >= 11 is 0. The number of imidazole rings is 1. The lowest BCUT2D eigenvalue weighted by atomic mass is 10.1. The number of likely N-dealkylation sites (N-methyl/N-ethyl adjacent to an activating group) is 1. The van der Waals surface area contributed by atoms with Crippen molar-refractivity contribution in [3.05, 3.63) is 48.0 Å². The van der Waals surface area contributed by atoms with Crippen LogP contribution in [-0.4, -0.2) is 46.2 Å². The number of hydrogen-bond donors (Lipinski definition) is 1. The summed E-state index contributed by atoms with van der Waals surface area (Å²) in [5.41, 5.74) is 0.534. The van der Waals surface area contributed by atoms with Gasteiger partial charge in [-0.2, -0.15) is 0 Å². The highest BCUT2D eigenvalue weighted by Crippen LogP contribution is 2.20. The van der Waals surface area contributed by atoms with Crippen LogP contribution < -0.4 is 4.74 Å². The number of methoxy groups -OCH3 is 1. The Morgan fingerprint density at radius 3 is 2.91 bits per heavy atom. The summed E-state index contributed by atoms with van der Waals surface area (Å²) in [6.07, 6.45) is 3.30. The van der Waals surface area contributed by atoms with Crippen molar-refractivity contribution in [2.45, 2.75) is 26.0 Å². The number of aryl methyl sites for hydroxylation is 2. The topological polar surface area (TPSA) is 67.6 Å². The fourth-order valence-corrected chi connectivity index (χ4v) is 2.39. The number of aliphatic hydroxyl groups excluding tert-OH is 1. The zero-order valence-corrected chi connectivity index (χ0v) is 13.8. The summed E-state index contributed by atoms with van der Waals surface area (Å²) in [5.74, 6) is 1.25. The van der Waals surface area contributed by atoms with Crippen molar-refractivity contribution < 1.29 is 14.6 Å². The van der Waals surface area contributed by atoms with Gasteiger partial charge in [0.1, 0.15) is 11.6 Å². The van der Waals surface area contributed by atoms with Gasteiger partial charge in [0.25, 0.3) is 5.91 Å². The maximum atomic E-state index is 12.3. The molecule has 0 aliphatic heterocycles. The first-order valence-corrected chi connectivity index (χ1v) is 7.57. The van der Waals surface area contributed by atoms with E-state index in [1.807, 2.05) is 17.7 Å². The molecule has 0 bridgehead atoms. The monoisotopic (exact) mass is 317 g/mol. The Balaban J connectivity index is 1.89. The molecule has 2 rings (SSSR count). The van der Waals surface area contributed by atoms with Crippen LogP contribution in [-0.2, 0) is 11.3 Å². The standard InChI is InChI=1S/C17H23N3O3/c1-13-18-8-11-20(13)10-5-9-19(2)17(22)16(21)14-6-4-7-15(12-14)23-3/h4,6-8,11-12,16,21H,5,9-10H2,1-3H3. The number of rotatable bonds is 7. The van der Waals surface area contributed by atoms with Crippen molar-refractivity contribution in [2.24, 2.45) is 0 Å². The van der Waals surface area contributed by atoms with Crippen molar-refractivity contribution in [2.75, 3.05) is 20.7 Å². The van der Waals surface area contributed by atoms with Crippen molar-refractivity contribution in [1.29, 1.82) is 0 Å². The van der Waals surface area contributed by atoms with Gasteiger partial charge >= 0.3 is 0 Å². The Hall–Kier alpha value is -2.34. The largest absolute Gasteiger partial charge is 0.497 e. The predicted octanol–water partition coefficient (Wildman–Crippen LogP) is 1.78. The molecule has 0 spiro atoms. The van der Waals surface area contributed by atoms with Crippen molar-refractivity contribution >= 4 is 5.91 Å². The highest BCUT2D eigenvalue weighted by Gasteiger charge is 2.21. The van der Waals surface area contributed by atoms with E-state index in [-0.39, 0.29) is 5.91 Å². The molecule has 2 aromatic rings. The maximum absolute atomic E-state index is 12.3. The number of amides is 1. The zero-order chi connectivity index (χ0) is 16.8. The first-order valence-electron chi connectivity index (χ1n) is 7.57. The van der Waals surface area contributed by atoms with Crippen LogP contribution in [0.4, 0.5) is 0 Å². The van der Waals surface area contributed by atoms with Gasteiger partial charge in [0.2, 0.25) is 0 Å². The van der Waals surface area contributed by atoms with E-state index in [4.69, 9.17) is 4.74 Å². The number of aliphatic hydroxyl groups is 1. The molecule has 23 heavy (non-hydrogen) atoms. The van der Waals surface area contributed by atoms with Crippen molar-refractivity contribution in [3.8, 4) is 5.75 Å². The van der Waals surface area contributed by atoms with Gasteiger partial charge in [0.15, 0.2) is 6.10 Å². The van der Waals surface area contributed by atoms with E-state index in [9.17, 15) is 9.90 Å². The minimum atomic E-state index is -1.18. The first-order chi connectivity index (χ1) is 11.0. The van der Waals surface area contributed by atoms with Gasteiger partial charge in [-0.1, -0.05) is 12.1 Å². The van der Waals surface area contributed by atoms with Crippen LogP contribution in [0.2, 0.25) is 0 Å². The highest BCUT2D eigenvalue weighted by molar-refractivity contribution is 5.81. The summed E-state index contributed by atoms with van der Waals surface area (Å²) in [5, 5.41) is 10.2. The molecule has 0 fully saturated rings. The van der Waals surface area contributed by atoms with Gasteiger partial charge < -0.3 is 19.3 Å². The molecule has 0 aliphatic carbocycles. The number of carbonyl (C=O) groups excluding carboxylic acids is 1. The minimum absolute atomic E-state index is 0.319. The Bertz CT molecular complexity index is 654. The number of ether oxygens (including phenoxy) is 1. The van der Waals surface area contributed by atoms with Crippen LogP contribution in [0.3, 0.4) is 0 Å². The van der Waals surface area contributed by atoms with E-state index in [1.165, 1.54) is 0 Å². The second-order valence-corrected chi connectivity index (χ2v) is 5.46. The molecule has 1 aromatic carbocycles. The molecule has 1 unspecified atom stereocenters. The summed E-state index contributed by atoms with van der Waals surface area (Å²) in [7, 11) is 3.25. The molecule has 1 atom stereocenters. The average molecular weight is 317 g/mol. The lowest BCUT2D eigenvalue weighted by Crippen LogP contribution is -2.33. The Morgan fingerprint density at radius 2 is 2.26 bits per heavy atom. The van der Waals surface area contributed by atoms with Gasteiger partial charge in [-0.15, -0.1) is 0 Å². The van der Waals surface area contributed by atoms with Crippen LogP contribution >= 0.6 is 0 Å². The smallest absolute Gasteiger partial charge is 0.255 e. The van der Waals surface area contributed by atoms with Gasteiger partial charge in [-0.3, -0.25) is 4.79 Å². The Kier molecular flexibility index (Phi) is 5.76. The average Bonchev–Trinajstić information content (AvgIpc) is 2.98. The van der Waals surface area contributed by atoms with Crippen LogP contribution in [0.25, 0.3) is 0 Å². The lowest BCUT2D eigenvalue weighted by Gasteiger charge is -2.21. The SMILES string of the molecule is COc1cccc(C(O)C(=O)N(C)CCCn2ccnc2C)c1. The minimum Gasteiger partial charge on any atom is -0.497 e.